The van der Waals surface area contributed by atoms with Crippen LogP contribution in [-0.4, -0.2) is 15.0 Å². The lowest BCUT2D eigenvalue weighted by Gasteiger charge is -2.33. The molecule has 0 unspecified atom stereocenters. The summed E-state index contributed by atoms with van der Waals surface area (Å²) < 4.78 is 0. The summed E-state index contributed by atoms with van der Waals surface area (Å²) in [5.74, 6) is 0.690. The van der Waals surface area contributed by atoms with E-state index in [2.05, 4.69) is 193 Å². The highest BCUT2D eigenvalue weighted by atomic mass is 14.9. The molecule has 3 nitrogen and oxygen atoms in total. The molecule has 0 atom stereocenters. The van der Waals surface area contributed by atoms with Gasteiger partial charge >= 0.3 is 0 Å². The summed E-state index contributed by atoms with van der Waals surface area (Å²) in [6.07, 6.45) is 3.70. The first kappa shape index (κ1) is 34.5. The van der Waals surface area contributed by atoms with E-state index in [0.29, 0.717) is 5.82 Å². The second-order valence-corrected chi connectivity index (χ2v) is 15.1. The number of aromatic nitrogens is 3. The van der Waals surface area contributed by atoms with E-state index in [1.807, 2.05) is 30.5 Å². The molecule has 2 aromatic heterocycles. The molecule has 0 saturated heterocycles. The molecule has 1 aliphatic rings. The predicted molar refractivity (Wildman–Crippen MR) is 242 cm³/mol. The Hall–Kier alpha value is -7.75. The van der Waals surface area contributed by atoms with E-state index >= 15 is 0 Å². The van der Waals surface area contributed by atoms with E-state index in [1.165, 1.54) is 49.9 Å². The molecule has 0 N–H and O–H groups in total. The van der Waals surface area contributed by atoms with Crippen LogP contribution in [-0.2, 0) is 5.41 Å². The second-order valence-electron chi connectivity index (χ2n) is 15.1. The molecule has 11 rings (SSSR count). The van der Waals surface area contributed by atoms with Crippen molar-refractivity contribution in [1.29, 1.82) is 0 Å². The van der Waals surface area contributed by atoms with Crippen LogP contribution >= 0.6 is 0 Å². The van der Waals surface area contributed by atoms with Gasteiger partial charge in [-0.25, -0.2) is 9.97 Å². The Bertz CT molecular complexity index is 3100. The van der Waals surface area contributed by atoms with Crippen LogP contribution < -0.4 is 0 Å². The minimum Gasteiger partial charge on any atom is -0.264 e. The molecular formula is C56H37N3. The Morgan fingerprint density at radius 2 is 0.915 bits per heavy atom. The first-order chi connectivity index (χ1) is 29.3. The Morgan fingerprint density at radius 1 is 0.322 bits per heavy atom. The Labute approximate surface area is 344 Å². The molecule has 0 fully saturated rings. The molecule has 3 heteroatoms. The highest BCUT2D eigenvalue weighted by Crippen LogP contribution is 2.56. The van der Waals surface area contributed by atoms with Gasteiger partial charge in [-0.3, -0.25) is 4.98 Å². The van der Waals surface area contributed by atoms with Crippen LogP contribution in [0.15, 0.2) is 225 Å². The van der Waals surface area contributed by atoms with Crippen LogP contribution in [0.1, 0.15) is 22.3 Å². The summed E-state index contributed by atoms with van der Waals surface area (Å²) in [5.41, 5.74) is 16.6. The standard InChI is InChI=1S/C56H37N3/c1-4-16-38(17-5-1)55-58-53(41-19-14-18-39(34-41)42-20-15-33-57-37-42)36-54(59-55)49-31-30-45(46-25-10-11-26-47(46)49)40-29-32-52-50(35-40)48-27-12-13-28-51(48)56(52,43-21-6-2-7-22-43)44-23-8-3-9-24-44/h1-37H. The Balaban J connectivity index is 1.08. The van der Waals surface area contributed by atoms with Gasteiger partial charge in [0.15, 0.2) is 5.82 Å². The molecule has 0 aliphatic heterocycles. The highest BCUT2D eigenvalue weighted by molar-refractivity contribution is 6.05. The fourth-order valence-electron chi connectivity index (χ4n) is 9.23. The average Bonchev–Trinajstić information content (AvgIpc) is 3.62. The number of nitrogens with zero attached hydrogens (tertiary/aromatic N) is 3. The molecule has 0 radical (unpaired) electrons. The van der Waals surface area contributed by atoms with Crippen LogP contribution in [0.4, 0.5) is 0 Å². The van der Waals surface area contributed by atoms with E-state index in [0.717, 1.165) is 44.6 Å². The van der Waals surface area contributed by atoms with Crippen molar-refractivity contribution < 1.29 is 0 Å². The summed E-state index contributed by atoms with van der Waals surface area (Å²) in [6, 6.07) is 76.2. The summed E-state index contributed by atoms with van der Waals surface area (Å²) in [7, 11) is 0. The second kappa shape index (κ2) is 14.3. The summed E-state index contributed by atoms with van der Waals surface area (Å²) >= 11 is 0. The third-order valence-corrected chi connectivity index (χ3v) is 11.9. The fourth-order valence-corrected chi connectivity index (χ4v) is 9.23. The van der Waals surface area contributed by atoms with Crippen molar-refractivity contribution in [3.8, 4) is 67.3 Å². The van der Waals surface area contributed by atoms with E-state index < -0.39 is 5.41 Å². The zero-order valence-corrected chi connectivity index (χ0v) is 32.2. The molecule has 1 aliphatic carbocycles. The lowest BCUT2D eigenvalue weighted by molar-refractivity contribution is 0.768. The van der Waals surface area contributed by atoms with Gasteiger partial charge in [0.2, 0.25) is 0 Å². The molecule has 2 heterocycles. The van der Waals surface area contributed by atoms with E-state index in [4.69, 9.17) is 9.97 Å². The van der Waals surface area contributed by atoms with Crippen molar-refractivity contribution in [2.24, 2.45) is 0 Å². The fraction of sp³-hybridized carbons (Fsp3) is 0.0179. The van der Waals surface area contributed by atoms with E-state index in [-0.39, 0.29) is 0 Å². The van der Waals surface area contributed by atoms with Crippen molar-refractivity contribution in [3.05, 3.63) is 247 Å². The lowest BCUT2D eigenvalue weighted by atomic mass is 9.67. The molecular weight excluding hydrogens is 715 g/mol. The van der Waals surface area contributed by atoms with Gasteiger partial charge in [-0.2, -0.15) is 0 Å². The molecule has 276 valence electrons. The van der Waals surface area contributed by atoms with Crippen molar-refractivity contribution in [2.75, 3.05) is 0 Å². The minimum atomic E-state index is -0.433. The number of pyridine rings is 1. The number of rotatable bonds is 7. The number of hydrogen-bond donors (Lipinski definition) is 0. The van der Waals surface area contributed by atoms with Gasteiger partial charge in [-0.15, -0.1) is 0 Å². The molecule has 8 aromatic carbocycles. The highest BCUT2D eigenvalue weighted by Gasteiger charge is 2.46. The number of benzene rings is 8. The van der Waals surface area contributed by atoms with Crippen LogP contribution in [0.25, 0.3) is 78.1 Å². The number of hydrogen-bond acceptors (Lipinski definition) is 3. The topological polar surface area (TPSA) is 38.7 Å². The van der Waals surface area contributed by atoms with Crippen molar-refractivity contribution in [3.63, 3.8) is 0 Å². The maximum Gasteiger partial charge on any atom is 0.160 e. The third kappa shape index (κ3) is 5.78. The van der Waals surface area contributed by atoms with E-state index in [1.54, 1.807) is 6.20 Å². The molecule has 10 aromatic rings. The Kier molecular flexibility index (Phi) is 8.37. The molecule has 59 heavy (non-hydrogen) atoms. The quantitative estimate of drug-likeness (QED) is 0.163. The molecule has 0 spiro atoms. The third-order valence-electron chi connectivity index (χ3n) is 11.9. The van der Waals surface area contributed by atoms with Gasteiger partial charge < -0.3 is 0 Å². The SMILES string of the molecule is c1ccc(-c2nc(-c3cccc(-c4cccnc4)c3)cc(-c3ccc(-c4ccc5c(c4)-c4ccccc4C5(c4ccccc4)c4ccccc4)c4ccccc34)n2)cc1. The van der Waals surface area contributed by atoms with Gasteiger partial charge in [-0.1, -0.05) is 188 Å². The van der Waals surface area contributed by atoms with Gasteiger partial charge in [0, 0.05) is 34.6 Å². The van der Waals surface area contributed by atoms with Gasteiger partial charge in [-0.05, 0) is 85.1 Å². The summed E-state index contributed by atoms with van der Waals surface area (Å²) in [4.78, 5) is 14.8. The lowest BCUT2D eigenvalue weighted by Crippen LogP contribution is -2.28. The van der Waals surface area contributed by atoms with Gasteiger partial charge in [0.25, 0.3) is 0 Å². The monoisotopic (exact) mass is 751 g/mol. The molecule has 0 bridgehead atoms. The van der Waals surface area contributed by atoms with Crippen LogP contribution in [0.2, 0.25) is 0 Å². The summed E-state index contributed by atoms with van der Waals surface area (Å²) in [6.45, 7) is 0. The zero-order valence-electron chi connectivity index (χ0n) is 32.2. The minimum absolute atomic E-state index is 0.433. The maximum absolute atomic E-state index is 5.26. The Morgan fingerprint density at radius 3 is 1.66 bits per heavy atom. The van der Waals surface area contributed by atoms with Gasteiger partial charge in [0.1, 0.15) is 0 Å². The predicted octanol–water partition coefficient (Wildman–Crippen LogP) is 13.7. The molecule has 0 amide bonds. The zero-order chi connectivity index (χ0) is 39.2. The average molecular weight is 752 g/mol. The maximum atomic E-state index is 5.26. The molecule has 0 saturated carbocycles. The summed E-state index contributed by atoms with van der Waals surface area (Å²) in [5, 5.41) is 2.32. The first-order valence-electron chi connectivity index (χ1n) is 20.1. The largest absolute Gasteiger partial charge is 0.264 e. The van der Waals surface area contributed by atoms with Gasteiger partial charge in [0.05, 0.1) is 16.8 Å². The van der Waals surface area contributed by atoms with Crippen LogP contribution in [0, 0.1) is 0 Å². The van der Waals surface area contributed by atoms with E-state index in [9.17, 15) is 0 Å². The van der Waals surface area contributed by atoms with Crippen molar-refractivity contribution >= 4 is 10.8 Å². The number of fused-ring (bicyclic) bond motifs is 4. The van der Waals surface area contributed by atoms with Crippen molar-refractivity contribution in [2.45, 2.75) is 5.41 Å². The normalized spacial score (nSPS) is 12.5. The van der Waals surface area contributed by atoms with Crippen LogP contribution in [0.3, 0.4) is 0 Å². The first-order valence-corrected chi connectivity index (χ1v) is 20.1. The van der Waals surface area contributed by atoms with Crippen LogP contribution in [0.5, 0.6) is 0 Å². The smallest absolute Gasteiger partial charge is 0.160 e. The van der Waals surface area contributed by atoms with Crippen molar-refractivity contribution in [1.82, 2.24) is 15.0 Å².